The van der Waals surface area contributed by atoms with Crippen LogP contribution in [0, 0.1) is 0 Å². The van der Waals surface area contributed by atoms with Crippen molar-refractivity contribution in [1.29, 1.82) is 0 Å². The van der Waals surface area contributed by atoms with Gasteiger partial charge in [-0.3, -0.25) is 9.78 Å². The molecule has 3 aromatic rings. The van der Waals surface area contributed by atoms with Gasteiger partial charge in [0.15, 0.2) is 5.82 Å². The first-order valence-corrected chi connectivity index (χ1v) is 7.49. The minimum Gasteiger partial charge on any atom is -0.368 e. The zero-order chi connectivity index (χ0) is 15.8. The monoisotopic (exact) mass is 305 g/mol. The number of fused-ring (bicyclic) bond motifs is 1. The third-order valence-corrected chi connectivity index (χ3v) is 4.21. The van der Waals surface area contributed by atoms with E-state index in [9.17, 15) is 4.79 Å². The van der Waals surface area contributed by atoms with Gasteiger partial charge in [-0.25, -0.2) is 0 Å². The van der Waals surface area contributed by atoms with Crippen molar-refractivity contribution in [2.24, 2.45) is 0 Å². The first-order chi connectivity index (χ1) is 11.2. The van der Waals surface area contributed by atoms with Crippen molar-refractivity contribution in [2.75, 3.05) is 5.73 Å². The minimum absolute atomic E-state index is 0.117. The minimum atomic E-state index is -0.208. The first kappa shape index (κ1) is 13.6. The molecule has 2 aromatic heterocycles. The van der Waals surface area contributed by atoms with Crippen LogP contribution in [-0.4, -0.2) is 25.7 Å². The SMILES string of the molecule is Nc1nc(-c2ccncc2)nn1C(=O)C1CCc2ccccc21. The molecule has 2 heterocycles. The molecule has 1 atom stereocenters. The second kappa shape index (κ2) is 5.31. The zero-order valence-corrected chi connectivity index (χ0v) is 12.4. The molecule has 0 spiro atoms. The van der Waals surface area contributed by atoms with Gasteiger partial charge < -0.3 is 5.73 Å². The Bertz CT molecular complexity index is 872. The van der Waals surface area contributed by atoms with Gasteiger partial charge in [-0.15, -0.1) is 5.10 Å². The topological polar surface area (TPSA) is 86.7 Å². The number of hydrogen-bond donors (Lipinski definition) is 1. The van der Waals surface area contributed by atoms with Crippen LogP contribution in [0.25, 0.3) is 11.4 Å². The number of nitrogen functional groups attached to an aromatic ring is 1. The maximum absolute atomic E-state index is 12.8. The van der Waals surface area contributed by atoms with E-state index in [0.717, 1.165) is 24.0 Å². The van der Waals surface area contributed by atoms with Crippen LogP contribution in [0.15, 0.2) is 48.8 Å². The largest absolute Gasteiger partial charge is 0.368 e. The second-order valence-corrected chi connectivity index (χ2v) is 5.57. The number of anilines is 1. The number of pyridine rings is 1. The first-order valence-electron chi connectivity index (χ1n) is 7.49. The fraction of sp³-hybridized carbons (Fsp3) is 0.176. The summed E-state index contributed by atoms with van der Waals surface area (Å²) in [6.07, 6.45) is 4.99. The number of nitrogens with two attached hydrogens (primary N) is 1. The fourth-order valence-electron chi connectivity index (χ4n) is 3.07. The predicted octanol–water partition coefficient (Wildman–Crippen LogP) is 2.29. The van der Waals surface area contributed by atoms with Gasteiger partial charge in [0.05, 0.1) is 5.92 Å². The molecule has 1 aliphatic carbocycles. The van der Waals surface area contributed by atoms with Crippen molar-refractivity contribution in [3.63, 3.8) is 0 Å². The number of carbonyl (C=O) groups excluding carboxylic acids is 1. The molecule has 114 valence electrons. The lowest BCUT2D eigenvalue weighted by atomic mass is 10.0. The molecule has 1 aliphatic rings. The molecule has 0 saturated heterocycles. The standard InChI is InChI=1S/C17H15N5O/c18-17-20-15(12-7-9-19-10-8-12)21-22(17)16(23)14-6-5-11-3-1-2-4-13(11)14/h1-4,7-10,14H,5-6H2,(H2,18,20,21). The quantitative estimate of drug-likeness (QED) is 0.785. The molecule has 0 amide bonds. The number of rotatable bonds is 2. The Balaban J connectivity index is 1.69. The lowest BCUT2D eigenvalue weighted by molar-refractivity contribution is 0.0864. The van der Waals surface area contributed by atoms with E-state index in [-0.39, 0.29) is 17.8 Å². The molecule has 6 nitrogen and oxygen atoms in total. The number of carbonyl (C=O) groups is 1. The van der Waals surface area contributed by atoms with Crippen LogP contribution in [0.3, 0.4) is 0 Å². The van der Waals surface area contributed by atoms with Crippen LogP contribution in [0.2, 0.25) is 0 Å². The molecule has 0 bridgehead atoms. The lowest BCUT2D eigenvalue weighted by Crippen LogP contribution is -2.21. The highest BCUT2D eigenvalue weighted by Crippen LogP contribution is 2.34. The van der Waals surface area contributed by atoms with E-state index in [4.69, 9.17) is 5.73 Å². The maximum atomic E-state index is 12.8. The molecule has 0 aliphatic heterocycles. The Labute approximate surface area is 133 Å². The summed E-state index contributed by atoms with van der Waals surface area (Å²) >= 11 is 0. The van der Waals surface area contributed by atoms with E-state index in [0.29, 0.717) is 5.82 Å². The molecule has 23 heavy (non-hydrogen) atoms. The molecular formula is C17H15N5O. The van der Waals surface area contributed by atoms with E-state index in [1.54, 1.807) is 24.5 Å². The second-order valence-electron chi connectivity index (χ2n) is 5.57. The average Bonchev–Trinajstić information content (AvgIpc) is 3.19. The third kappa shape index (κ3) is 2.28. The summed E-state index contributed by atoms with van der Waals surface area (Å²) in [5.41, 5.74) is 8.99. The molecule has 0 fully saturated rings. The van der Waals surface area contributed by atoms with Gasteiger partial charge in [0, 0.05) is 18.0 Å². The molecule has 1 unspecified atom stereocenters. The lowest BCUT2D eigenvalue weighted by Gasteiger charge is -2.10. The number of aryl methyl sites for hydroxylation is 1. The number of aromatic nitrogens is 4. The predicted molar refractivity (Wildman–Crippen MR) is 85.8 cm³/mol. The van der Waals surface area contributed by atoms with E-state index in [1.165, 1.54) is 10.2 Å². The molecule has 0 saturated carbocycles. The Kier molecular flexibility index (Phi) is 3.15. The van der Waals surface area contributed by atoms with Crippen molar-refractivity contribution in [2.45, 2.75) is 18.8 Å². The van der Waals surface area contributed by atoms with Gasteiger partial charge in [-0.05, 0) is 36.1 Å². The number of nitrogens with zero attached hydrogens (tertiary/aromatic N) is 4. The van der Waals surface area contributed by atoms with Crippen LogP contribution in [0.1, 0.15) is 28.3 Å². The van der Waals surface area contributed by atoms with Crippen LogP contribution >= 0.6 is 0 Å². The van der Waals surface area contributed by atoms with Crippen molar-refractivity contribution in [3.8, 4) is 11.4 Å². The smallest absolute Gasteiger partial charge is 0.257 e. The summed E-state index contributed by atoms with van der Waals surface area (Å²) in [6.45, 7) is 0. The fourth-order valence-corrected chi connectivity index (χ4v) is 3.07. The Morgan fingerprint density at radius 3 is 2.78 bits per heavy atom. The van der Waals surface area contributed by atoms with Crippen molar-refractivity contribution < 1.29 is 4.79 Å². The highest BCUT2D eigenvalue weighted by Gasteiger charge is 2.31. The number of hydrogen-bond acceptors (Lipinski definition) is 5. The Morgan fingerprint density at radius 2 is 1.96 bits per heavy atom. The Hall–Kier alpha value is -3.02. The van der Waals surface area contributed by atoms with Gasteiger partial charge in [-0.1, -0.05) is 24.3 Å². The summed E-state index contributed by atoms with van der Waals surface area (Å²) in [5.74, 6) is 0.219. The van der Waals surface area contributed by atoms with Crippen LogP contribution < -0.4 is 5.73 Å². The van der Waals surface area contributed by atoms with Gasteiger partial charge >= 0.3 is 0 Å². The maximum Gasteiger partial charge on any atom is 0.257 e. The van der Waals surface area contributed by atoms with Crippen LogP contribution in [-0.2, 0) is 6.42 Å². The molecule has 1 aromatic carbocycles. The molecular weight excluding hydrogens is 290 g/mol. The normalized spacial score (nSPS) is 16.3. The Morgan fingerprint density at radius 1 is 1.17 bits per heavy atom. The van der Waals surface area contributed by atoms with E-state index in [2.05, 4.69) is 21.1 Å². The van der Waals surface area contributed by atoms with Gasteiger partial charge in [0.1, 0.15) is 0 Å². The van der Waals surface area contributed by atoms with Gasteiger partial charge in [0.25, 0.3) is 5.91 Å². The molecule has 6 heteroatoms. The summed E-state index contributed by atoms with van der Waals surface area (Å²) < 4.78 is 1.22. The summed E-state index contributed by atoms with van der Waals surface area (Å²) in [5, 5.41) is 4.30. The highest BCUT2D eigenvalue weighted by atomic mass is 16.2. The van der Waals surface area contributed by atoms with Crippen molar-refractivity contribution in [3.05, 3.63) is 59.9 Å². The zero-order valence-electron chi connectivity index (χ0n) is 12.4. The summed E-state index contributed by atoms with van der Waals surface area (Å²) in [4.78, 5) is 21.0. The van der Waals surface area contributed by atoms with Crippen molar-refractivity contribution >= 4 is 11.9 Å². The van der Waals surface area contributed by atoms with Crippen LogP contribution in [0.5, 0.6) is 0 Å². The van der Waals surface area contributed by atoms with Crippen LogP contribution in [0.4, 0.5) is 5.95 Å². The summed E-state index contributed by atoms with van der Waals surface area (Å²) in [7, 11) is 0. The average molecular weight is 305 g/mol. The van der Waals surface area contributed by atoms with Gasteiger partial charge in [0.2, 0.25) is 5.95 Å². The van der Waals surface area contributed by atoms with Crippen molar-refractivity contribution in [1.82, 2.24) is 19.7 Å². The van der Waals surface area contributed by atoms with E-state index < -0.39 is 0 Å². The highest BCUT2D eigenvalue weighted by molar-refractivity contribution is 5.88. The van der Waals surface area contributed by atoms with Gasteiger partial charge in [-0.2, -0.15) is 9.67 Å². The van der Waals surface area contributed by atoms with E-state index >= 15 is 0 Å². The summed E-state index contributed by atoms with van der Waals surface area (Å²) in [6, 6.07) is 11.6. The molecule has 0 radical (unpaired) electrons. The third-order valence-electron chi connectivity index (χ3n) is 4.21. The van der Waals surface area contributed by atoms with E-state index in [1.807, 2.05) is 18.2 Å². The molecule has 4 rings (SSSR count). The molecule has 2 N–H and O–H groups in total. The number of benzene rings is 1.